The number of anilines is 2. The molecule has 0 saturated carbocycles. The van der Waals surface area contributed by atoms with Crippen molar-refractivity contribution in [3.8, 4) is 0 Å². The summed E-state index contributed by atoms with van der Waals surface area (Å²) in [4.78, 5) is 17.2. The van der Waals surface area contributed by atoms with Gasteiger partial charge in [-0.1, -0.05) is 0 Å². The Morgan fingerprint density at radius 2 is 2.00 bits per heavy atom. The molecule has 1 unspecified atom stereocenters. The number of nitro benzene ring substituents is 1. The Morgan fingerprint density at radius 3 is 2.65 bits per heavy atom. The number of ether oxygens (including phenoxy) is 1. The van der Waals surface area contributed by atoms with E-state index in [0.717, 1.165) is 41.4 Å². The van der Waals surface area contributed by atoms with Gasteiger partial charge in [0, 0.05) is 50.1 Å². The first-order valence-corrected chi connectivity index (χ1v) is 10.4. The summed E-state index contributed by atoms with van der Waals surface area (Å²) < 4.78 is 7.38. The fourth-order valence-electron chi connectivity index (χ4n) is 3.61. The van der Waals surface area contributed by atoms with Crippen LogP contribution < -0.4 is 10.2 Å². The van der Waals surface area contributed by atoms with Gasteiger partial charge in [0.05, 0.1) is 22.6 Å². The van der Waals surface area contributed by atoms with Crippen molar-refractivity contribution in [2.45, 2.75) is 33.6 Å². The van der Waals surface area contributed by atoms with E-state index in [0.29, 0.717) is 11.9 Å². The van der Waals surface area contributed by atoms with Gasteiger partial charge in [0.2, 0.25) is 6.41 Å². The summed E-state index contributed by atoms with van der Waals surface area (Å²) in [6.45, 7) is 8.33. The van der Waals surface area contributed by atoms with Crippen molar-refractivity contribution in [2.24, 2.45) is 7.05 Å². The Morgan fingerprint density at radius 1 is 1.26 bits per heavy atom. The molecule has 0 spiro atoms. The monoisotopic (exact) mass is 427 g/mol. The number of nitrogens with zero attached hydrogens (tertiary/aromatic N) is 4. The van der Waals surface area contributed by atoms with E-state index in [2.05, 4.69) is 35.1 Å². The second-order valence-corrected chi connectivity index (χ2v) is 7.31. The quantitative estimate of drug-likeness (QED) is 0.289. The number of aryl methyl sites for hydroxylation is 2. The van der Waals surface area contributed by atoms with Crippen LogP contribution in [0.2, 0.25) is 0 Å². The van der Waals surface area contributed by atoms with E-state index < -0.39 is 11.3 Å². The molecular weight excluding hydrogens is 398 g/mol. The fourth-order valence-corrected chi connectivity index (χ4v) is 3.61. The minimum Gasteiger partial charge on any atom is -0.372 e. The maximum absolute atomic E-state index is 11.0. The molecule has 0 aliphatic rings. The van der Waals surface area contributed by atoms with Crippen molar-refractivity contribution in [2.75, 3.05) is 29.9 Å². The van der Waals surface area contributed by atoms with Gasteiger partial charge in [0.1, 0.15) is 5.82 Å². The molecule has 9 heteroatoms. The van der Waals surface area contributed by atoms with Crippen molar-refractivity contribution >= 4 is 28.1 Å². The van der Waals surface area contributed by atoms with E-state index in [4.69, 9.17) is 4.74 Å². The zero-order chi connectivity index (χ0) is 22.5. The van der Waals surface area contributed by atoms with Crippen molar-refractivity contribution < 1.29 is 14.8 Å². The average Bonchev–Trinajstić information content (AvgIpc) is 3.06. The first-order chi connectivity index (χ1) is 14.8. The molecule has 0 aliphatic heterocycles. The Kier molecular flexibility index (Phi) is 7.09. The maximum Gasteiger partial charge on any atom is 0.271 e. The number of nitro groups is 1. The highest BCUT2D eigenvalue weighted by Gasteiger charge is 2.14. The third-order valence-corrected chi connectivity index (χ3v) is 5.39. The number of nitrogens with one attached hydrogen (secondary N) is 1. The van der Waals surface area contributed by atoms with Gasteiger partial charge in [-0.25, -0.2) is 4.98 Å². The molecule has 0 bridgehead atoms. The zero-order valence-corrected chi connectivity index (χ0v) is 18.3. The van der Waals surface area contributed by atoms with Gasteiger partial charge in [-0.2, -0.15) is 0 Å². The highest BCUT2D eigenvalue weighted by molar-refractivity contribution is 5.78. The molecule has 0 fully saturated rings. The van der Waals surface area contributed by atoms with Crippen molar-refractivity contribution in [1.29, 1.82) is 0 Å². The minimum atomic E-state index is -1.16. The van der Waals surface area contributed by atoms with Crippen LogP contribution in [0.5, 0.6) is 0 Å². The average molecular weight is 428 g/mol. The fraction of sp³-hybridized carbons (Fsp3) is 0.409. The molecule has 0 aliphatic carbocycles. The van der Waals surface area contributed by atoms with Crippen LogP contribution in [0.25, 0.3) is 11.0 Å². The molecule has 0 amide bonds. The third kappa shape index (κ3) is 5.12. The molecule has 2 N–H and O–H groups in total. The number of aromatic nitrogens is 2. The largest absolute Gasteiger partial charge is 0.372 e. The summed E-state index contributed by atoms with van der Waals surface area (Å²) in [7, 11) is 1.85. The van der Waals surface area contributed by atoms with Crippen LogP contribution in [0.1, 0.15) is 25.2 Å². The molecule has 3 aromatic rings. The number of imidazole rings is 1. The SMILES string of the molecule is CCN(CC)c1ccc(NC(O)OCCc2nc3cc([N+](=O)[O-])ccc3n2C)c(C)c1. The Hall–Kier alpha value is -3.17. The molecular formula is C22H29N5O4. The highest BCUT2D eigenvalue weighted by atomic mass is 16.6. The van der Waals surface area contributed by atoms with Crippen LogP contribution >= 0.6 is 0 Å². The van der Waals surface area contributed by atoms with Gasteiger partial charge in [0.15, 0.2) is 0 Å². The summed E-state index contributed by atoms with van der Waals surface area (Å²) in [5.74, 6) is 0.724. The second-order valence-electron chi connectivity index (χ2n) is 7.31. The standard InChI is InChI=1S/C22H29N5O4/c1-5-26(6-2)16-7-9-18(15(3)13-16)24-22(28)31-12-11-21-23-19-14-17(27(29)30)8-10-20(19)25(21)4/h7-10,13-14,22,24,28H,5-6,11-12H2,1-4H3. The van der Waals surface area contributed by atoms with Gasteiger partial charge in [-0.3, -0.25) is 10.1 Å². The van der Waals surface area contributed by atoms with Crippen molar-refractivity contribution in [1.82, 2.24) is 9.55 Å². The topological polar surface area (TPSA) is 106 Å². The predicted octanol–water partition coefficient (Wildman–Crippen LogP) is 3.58. The van der Waals surface area contributed by atoms with Gasteiger partial charge in [0.25, 0.3) is 5.69 Å². The van der Waals surface area contributed by atoms with E-state index in [1.54, 1.807) is 6.07 Å². The van der Waals surface area contributed by atoms with Crippen LogP contribution in [-0.4, -0.2) is 45.7 Å². The lowest BCUT2D eigenvalue weighted by Gasteiger charge is -2.23. The zero-order valence-electron chi connectivity index (χ0n) is 18.3. The number of rotatable bonds is 10. The smallest absolute Gasteiger partial charge is 0.271 e. The molecule has 0 radical (unpaired) electrons. The third-order valence-electron chi connectivity index (χ3n) is 5.39. The van der Waals surface area contributed by atoms with Gasteiger partial charge in [-0.15, -0.1) is 0 Å². The lowest BCUT2D eigenvalue weighted by molar-refractivity contribution is -0.384. The summed E-state index contributed by atoms with van der Waals surface area (Å²) in [6, 6.07) is 10.7. The molecule has 3 rings (SSSR count). The van der Waals surface area contributed by atoms with E-state index in [1.807, 2.05) is 30.7 Å². The Balaban J connectivity index is 1.58. The van der Waals surface area contributed by atoms with E-state index in [-0.39, 0.29) is 12.3 Å². The van der Waals surface area contributed by atoms with E-state index in [9.17, 15) is 15.2 Å². The molecule has 2 aromatic carbocycles. The first-order valence-electron chi connectivity index (χ1n) is 10.4. The van der Waals surface area contributed by atoms with Gasteiger partial charge in [-0.05, 0) is 50.6 Å². The lowest BCUT2D eigenvalue weighted by atomic mass is 10.1. The number of aliphatic hydroxyl groups excluding tert-OH is 1. The molecule has 1 atom stereocenters. The first kappa shape index (κ1) is 22.5. The molecule has 0 saturated heterocycles. The molecule has 1 aromatic heterocycles. The summed E-state index contributed by atoms with van der Waals surface area (Å²) >= 11 is 0. The van der Waals surface area contributed by atoms with Crippen LogP contribution in [0, 0.1) is 17.0 Å². The molecule has 166 valence electrons. The molecule has 9 nitrogen and oxygen atoms in total. The van der Waals surface area contributed by atoms with Crippen LogP contribution in [-0.2, 0) is 18.2 Å². The van der Waals surface area contributed by atoms with Gasteiger partial charge < -0.3 is 24.6 Å². The molecule has 1 heterocycles. The Labute approximate surface area is 181 Å². The number of hydrogen-bond acceptors (Lipinski definition) is 7. The summed E-state index contributed by atoms with van der Waals surface area (Å²) in [5, 5.41) is 24.2. The predicted molar refractivity (Wildman–Crippen MR) is 121 cm³/mol. The number of benzene rings is 2. The summed E-state index contributed by atoms with van der Waals surface area (Å²) in [6.07, 6.45) is -0.703. The highest BCUT2D eigenvalue weighted by Crippen LogP contribution is 2.24. The normalized spacial score (nSPS) is 12.2. The van der Waals surface area contributed by atoms with Crippen molar-refractivity contribution in [3.63, 3.8) is 0 Å². The number of aliphatic hydroxyl groups is 1. The number of fused-ring (bicyclic) bond motifs is 1. The number of hydrogen-bond donors (Lipinski definition) is 2. The van der Waals surface area contributed by atoms with E-state index in [1.165, 1.54) is 12.1 Å². The van der Waals surface area contributed by atoms with Gasteiger partial charge >= 0.3 is 0 Å². The van der Waals surface area contributed by atoms with Crippen LogP contribution in [0.15, 0.2) is 36.4 Å². The molecule has 31 heavy (non-hydrogen) atoms. The van der Waals surface area contributed by atoms with E-state index >= 15 is 0 Å². The minimum absolute atomic E-state index is 0.00963. The summed E-state index contributed by atoms with van der Waals surface area (Å²) in [5.41, 5.74) is 4.35. The van der Waals surface area contributed by atoms with Crippen molar-refractivity contribution in [3.05, 3.63) is 57.9 Å². The Bertz CT molecular complexity index is 1060. The maximum atomic E-state index is 11.0. The van der Waals surface area contributed by atoms with Crippen LogP contribution in [0.3, 0.4) is 0 Å². The van der Waals surface area contributed by atoms with Crippen LogP contribution in [0.4, 0.5) is 17.1 Å². The number of non-ortho nitro benzene ring substituents is 1. The lowest BCUT2D eigenvalue weighted by Crippen LogP contribution is -2.25. The second kappa shape index (κ2) is 9.76.